The van der Waals surface area contributed by atoms with Crippen molar-refractivity contribution in [3.05, 3.63) is 52.1 Å². The number of nitrogens with zero attached hydrogens (tertiary/aromatic N) is 4. The predicted octanol–water partition coefficient (Wildman–Crippen LogP) is 4.50. The molecule has 0 N–H and O–H groups in total. The Labute approximate surface area is 136 Å². The van der Waals surface area contributed by atoms with E-state index in [1.54, 1.807) is 23.2 Å². The molecule has 7 heteroatoms. The monoisotopic (exact) mass is 338 g/mol. The summed E-state index contributed by atoms with van der Waals surface area (Å²) in [5.41, 5.74) is 1.95. The molecular formula is C14H9Cl3N4. The van der Waals surface area contributed by atoms with E-state index in [1.807, 2.05) is 25.2 Å². The molecule has 2 aromatic heterocycles. The van der Waals surface area contributed by atoms with E-state index < -0.39 is 0 Å². The molecule has 2 heterocycles. The molecule has 0 atom stereocenters. The number of rotatable bonds is 2. The molecule has 3 aromatic rings. The standard InChI is InChI=1S/C14H9Cl3N4/c1-21-7-18-6-10(21)14-19-12(16)11(13(17)20-14)8-4-2-3-5-9(8)15/h2-7H,1H3. The summed E-state index contributed by atoms with van der Waals surface area (Å²) >= 11 is 18.8. The topological polar surface area (TPSA) is 43.6 Å². The summed E-state index contributed by atoms with van der Waals surface area (Å²) in [6, 6.07) is 7.27. The molecule has 1 aromatic carbocycles. The molecule has 0 amide bonds. The van der Waals surface area contributed by atoms with Crippen molar-refractivity contribution in [3.63, 3.8) is 0 Å². The SMILES string of the molecule is Cn1cncc1-c1nc(Cl)c(-c2ccccc2Cl)c(Cl)n1. The van der Waals surface area contributed by atoms with Gasteiger partial charge in [0.25, 0.3) is 0 Å². The fraction of sp³-hybridized carbons (Fsp3) is 0.0714. The Morgan fingerprint density at radius 1 is 1.00 bits per heavy atom. The van der Waals surface area contributed by atoms with Crippen molar-refractivity contribution in [2.75, 3.05) is 0 Å². The van der Waals surface area contributed by atoms with Crippen LogP contribution in [0.15, 0.2) is 36.8 Å². The number of aryl methyl sites for hydroxylation is 1. The third-order valence-corrected chi connectivity index (χ3v) is 3.89. The summed E-state index contributed by atoms with van der Waals surface area (Å²) in [5.74, 6) is 0.417. The van der Waals surface area contributed by atoms with E-state index in [2.05, 4.69) is 15.0 Å². The van der Waals surface area contributed by atoms with E-state index in [-0.39, 0.29) is 10.3 Å². The van der Waals surface area contributed by atoms with Crippen molar-refractivity contribution < 1.29 is 0 Å². The van der Waals surface area contributed by atoms with Crippen LogP contribution in [0.2, 0.25) is 15.3 Å². The zero-order valence-electron chi connectivity index (χ0n) is 10.9. The molecule has 0 fully saturated rings. The first-order valence-corrected chi connectivity index (χ1v) is 7.16. The summed E-state index contributed by atoms with van der Waals surface area (Å²) in [7, 11) is 1.84. The highest BCUT2D eigenvalue weighted by Gasteiger charge is 2.17. The van der Waals surface area contributed by atoms with E-state index in [0.29, 0.717) is 22.0 Å². The molecule has 0 spiro atoms. The number of halogens is 3. The van der Waals surface area contributed by atoms with Gasteiger partial charge in [0.05, 0.1) is 18.1 Å². The Morgan fingerprint density at radius 2 is 1.67 bits per heavy atom. The van der Waals surface area contributed by atoms with E-state index in [9.17, 15) is 0 Å². The average molecular weight is 340 g/mol. The van der Waals surface area contributed by atoms with Crippen LogP contribution in [0.5, 0.6) is 0 Å². The maximum Gasteiger partial charge on any atom is 0.180 e. The van der Waals surface area contributed by atoms with Gasteiger partial charge in [0.15, 0.2) is 5.82 Å². The van der Waals surface area contributed by atoms with Gasteiger partial charge in [-0.25, -0.2) is 15.0 Å². The Kier molecular flexibility index (Phi) is 3.85. The molecule has 3 rings (SSSR count). The van der Waals surface area contributed by atoms with Gasteiger partial charge in [0.1, 0.15) is 16.0 Å². The molecule has 0 saturated carbocycles. The van der Waals surface area contributed by atoms with Crippen molar-refractivity contribution in [2.24, 2.45) is 7.05 Å². The van der Waals surface area contributed by atoms with Gasteiger partial charge < -0.3 is 4.57 Å². The first kappa shape index (κ1) is 14.3. The number of imidazole rings is 1. The van der Waals surface area contributed by atoms with Gasteiger partial charge in [0, 0.05) is 17.6 Å². The molecule has 0 aliphatic rings. The van der Waals surface area contributed by atoms with Crippen LogP contribution in [-0.2, 0) is 7.05 Å². The molecule has 4 nitrogen and oxygen atoms in total. The average Bonchev–Trinajstić information content (AvgIpc) is 2.86. The van der Waals surface area contributed by atoms with Crippen molar-refractivity contribution in [2.45, 2.75) is 0 Å². The molecule has 0 aliphatic carbocycles. The Bertz CT molecular complexity index is 790. The molecule has 21 heavy (non-hydrogen) atoms. The zero-order valence-corrected chi connectivity index (χ0v) is 13.2. The number of aromatic nitrogens is 4. The summed E-state index contributed by atoms with van der Waals surface area (Å²) in [4.78, 5) is 12.6. The van der Waals surface area contributed by atoms with Crippen molar-refractivity contribution in [3.8, 4) is 22.6 Å². The second-order valence-electron chi connectivity index (χ2n) is 4.37. The molecule has 0 unspecified atom stereocenters. The number of benzene rings is 1. The third kappa shape index (κ3) is 2.62. The minimum absolute atomic E-state index is 0.249. The van der Waals surface area contributed by atoms with Crippen LogP contribution in [0, 0.1) is 0 Å². The van der Waals surface area contributed by atoms with Gasteiger partial charge in [-0.3, -0.25) is 0 Å². The van der Waals surface area contributed by atoms with Gasteiger partial charge in [0.2, 0.25) is 0 Å². The summed E-state index contributed by atoms with van der Waals surface area (Å²) < 4.78 is 1.79. The Hall–Kier alpha value is -1.62. The van der Waals surface area contributed by atoms with E-state index >= 15 is 0 Å². The van der Waals surface area contributed by atoms with E-state index in [0.717, 1.165) is 5.69 Å². The minimum Gasteiger partial charge on any atom is -0.331 e. The van der Waals surface area contributed by atoms with E-state index in [1.165, 1.54) is 0 Å². The third-order valence-electron chi connectivity index (χ3n) is 3.01. The van der Waals surface area contributed by atoms with Crippen LogP contribution in [0.4, 0.5) is 0 Å². The number of hydrogen-bond donors (Lipinski definition) is 0. The maximum absolute atomic E-state index is 6.29. The molecule has 0 radical (unpaired) electrons. The predicted molar refractivity (Wildman–Crippen MR) is 84.7 cm³/mol. The lowest BCUT2D eigenvalue weighted by molar-refractivity contribution is 0.908. The highest BCUT2D eigenvalue weighted by atomic mass is 35.5. The number of hydrogen-bond acceptors (Lipinski definition) is 3. The lowest BCUT2D eigenvalue weighted by atomic mass is 10.1. The van der Waals surface area contributed by atoms with Gasteiger partial charge in [-0.2, -0.15) is 0 Å². The van der Waals surface area contributed by atoms with Crippen LogP contribution in [0.25, 0.3) is 22.6 Å². The van der Waals surface area contributed by atoms with Crippen molar-refractivity contribution >= 4 is 34.8 Å². The molecule has 106 valence electrons. The summed E-state index contributed by atoms with van der Waals surface area (Å²) in [5, 5.41) is 1.04. The highest BCUT2D eigenvalue weighted by molar-refractivity contribution is 6.40. The normalized spacial score (nSPS) is 10.9. The molecular weight excluding hydrogens is 331 g/mol. The fourth-order valence-corrected chi connectivity index (χ4v) is 2.80. The van der Waals surface area contributed by atoms with Gasteiger partial charge in [-0.05, 0) is 6.07 Å². The zero-order chi connectivity index (χ0) is 15.0. The van der Waals surface area contributed by atoms with Crippen LogP contribution in [0.1, 0.15) is 0 Å². The molecule has 0 bridgehead atoms. The van der Waals surface area contributed by atoms with Gasteiger partial charge >= 0.3 is 0 Å². The highest BCUT2D eigenvalue weighted by Crippen LogP contribution is 2.37. The first-order chi connectivity index (χ1) is 10.1. The van der Waals surface area contributed by atoms with Crippen LogP contribution >= 0.6 is 34.8 Å². The largest absolute Gasteiger partial charge is 0.331 e. The van der Waals surface area contributed by atoms with Crippen LogP contribution in [0.3, 0.4) is 0 Å². The van der Waals surface area contributed by atoms with Gasteiger partial charge in [-0.15, -0.1) is 0 Å². The Balaban J connectivity index is 2.18. The molecule has 0 saturated heterocycles. The van der Waals surface area contributed by atoms with Gasteiger partial charge in [-0.1, -0.05) is 53.0 Å². The van der Waals surface area contributed by atoms with Crippen LogP contribution in [-0.4, -0.2) is 19.5 Å². The van der Waals surface area contributed by atoms with Crippen molar-refractivity contribution in [1.29, 1.82) is 0 Å². The smallest absolute Gasteiger partial charge is 0.180 e. The summed E-state index contributed by atoms with van der Waals surface area (Å²) in [6.07, 6.45) is 3.31. The quantitative estimate of drug-likeness (QED) is 0.645. The van der Waals surface area contributed by atoms with Crippen LogP contribution < -0.4 is 0 Å². The lowest BCUT2D eigenvalue weighted by Gasteiger charge is -2.10. The molecule has 0 aliphatic heterocycles. The lowest BCUT2D eigenvalue weighted by Crippen LogP contribution is -1.98. The second kappa shape index (κ2) is 5.64. The summed E-state index contributed by atoms with van der Waals surface area (Å²) in [6.45, 7) is 0. The first-order valence-electron chi connectivity index (χ1n) is 6.02. The van der Waals surface area contributed by atoms with E-state index in [4.69, 9.17) is 34.8 Å². The minimum atomic E-state index is 0.249. The maximum atomic E-state index is 6.29. The van der Waals surface area contributed by atoms with Crippen molar-refractivity contribution in [1.82, 2.24) is 19.5 Å². The fourth-order valence-electron chi connectivity index (χ4n) is 1.98. The Morgan fingerprint density at radius 3 is 2.24 bits per heavy atom. The second-order valence-corrected chi connectivity index (χ2v) is 5.50.